The van der Waals surface area contributed by atoms with Crippen molar-refractivity contribution < 1.29 is 4.74 Å². The molecule has 1 aliphatic rings. The van der Waals surface area contributed by atoms with Gasteiger partial charge in [0.2, 0.25) is 0 Å². The van der Waals surface area contributed by atoms with Gasteiger partial charge < -0.3 is 15.0 Å². The van der Waals surface area contributed by atoms with Crippen molar-refractivity contribution in [1.82, 2.24) is 9.97 Å². The van der Waals surface area contributed by atoms with E-state index in [-0.39, 0.29) is 0 Å². The fourth-order valence-electron chi connectivity index (χ4n) is 2.65. The number of aromatic nitrogens is 2. The van der Waals surface area contributed by atoms with E-state index in [4.69, 9.17) is 4.74 Å². The van der Waals surface area contributed by atoms with Gasteiger partial charge in [0.1, 0.15) is 18.2 Å². The molecule has 0 saturated carbocycles. The highest BCUT2D eigenvalue weighted by Crippen LogP contribution is 2.31. The van der Waals surface area contributed by atoms with E-state index in [0.717, 1.165) is 30.5 Å². The molecule has 0 bridgehead atoms. The molecule has 2 rings (SSSR count). The quantitative estimate of drug-likeness (QED) is 0.897. The monoisotopic (exact) mass is 278 g/mol. The topological polar surface area (TPSA) is 50.3 Å². The molecule has 1 saturated heterocycles. The molecular weight excluding hydrogens is 252 g/mol. The van der Waals surface area contributed by atoms with Crippen molar-refractivity contribution in [2.24, 2.45) is 5.41 Å². The molecule has 5 nitrogen and oxygen atoms in total. The van der Waals surface area contributed by atoms with Gasteiger partial charge in [-0.25, -0.2) is 9.97 Å². The Morgan fingerprint density at radius 1 is 1.40 bits per heavy atom. The van der Waals surface area contributed by atoms with E-state index in [2.05, 4.69) is 34.0 Å². The molecule has 0 spiro atoms. The summed E-state index contributed by atoms with van der Waals surface area (Å²) >= 11 is 0. The van der Waals surface area contributed by atoms with Gasteiger partial charge in [-0.2, -0.15) is 0 Å². The smallest absolute Gasteiger partial charge is 0.158 e. The molecule has 1 aliphatic heterocycles. The minimum absolute atomic E-state index is 0.350. The number of anilines is 2. The third-order valence-corrected chi connectivity index (χ3v) is 3.67. The van der Waals surface area contributed by atoms with Gasteiger partial charge in [0.25, 0.3) is 0 Å². The number of hydrogen-bond acceptors (Lipinski definition) is 5. The molecule has 0 aromatic carbocycles. The van der Waals surface area contributed by atoms with Crippen molar-refractivity contribution in [3.8, 4) is 0 Å². The number of piperidine rings is 1. The van der Waals surface area contributed by atoms with Gasteiger partial charge in [0, 0.05) is 32.8 Å². The molecule has 112 valence electrons. The lowest BCUT2D eigenvalue weighted by Gasteiger charge is -2.38. The van der Waals surface area contributed by atoms with E-state index in [1.54, 1.807) is 0 Å². The average Bonchev–Trinajstić information content (AvgIpc) is 2.43. The fraction of sp³-hybridized carbons (Fsp3) is 0.733. The molecule has 1 N–H and O–H groups in total. The molecule has 1 aromatic rings. The second-order valence-electron chi connectivity index (χ2n) is 6.10. The predicted octanol–water partition coefficient (Wildman–Crippen LogP) is 2.68. The lowest BCUT2D eigenvalue weighted by molar-refractivity contribution is 0.128. The molecule has 0 amide bonds. The maximum Gasteiger partial charge on any atom is 0.158 e. The summed E-state index contributed by atoms with van der Waals surface area (Å²) in [4.78, 5) is 11.5. The zero-order chi connectivity index (χ0) is 14.6. The lowest BCUT2D eigenvalue weighted by atomic mass is 9.84. The Kier molecular flexibility index (Phi) is 4.81. The summed E-state index contributed by atoms with van der Waals surface area (Å²) in [5.41, 5.74) is 0.350. The van der Waals surface area contributed by atoms with Crippen LogP contribution in [-0.4, -0.2) is 36.7 Å². The van der Waals surface area contributed by atoms with Crippen LogP contribution in [0.25, 0.3) is 0 Å². The normalized spacial score (nSPS) is 18.1. The van der Waals surface area contributed by atoms with E-state index in [1.165, 1.54) is 12.8 Å². The fourth-order valence-corrected chi connectivity index (χ4v) is 2.65. The van der Waals surface area contributed by atoms with Crippen LogP contribution in [0.1, 0.15) is 39.4 Å². The molecule has 1 fully saturated rings. The first-order chi connectivity index (χ1) is 9.54. The largest absolute Gasteiger partial charge is 0.374 e. The molecular formula is C15H26N4O. The predicted molar refractivity (Wildman–Crippen MR) is 82.1 cm³/mol. The highest BCUT2D eigenvalue weighted by atomic mass is 16.5. The number of rotatable bonds is 5. The van der Waals surface area contributed by atoms with Crippen molar-refractivity contribution in [2.45, 2.75) is 40.2 Å². The van der Waals surface area contributed by atoms with Gasteiger partial charge in [-0.3, -0.25) is 0 Å². The minimum Gasteiger partial charge on any atom is -0.374 e. The first-order valence-electron chi connectivity index (χ1n) is 7.42. The maximum absolute atomic E-state index is 5.43. The molecule has 20 heavy (non-hydrogen) atoms. The first kappa shape index (κ1) is 15.0. The van der Waals surface area contributed by atoms with Crippen LogP contribution in [0.2, 0.25) is 0 Å². The summed E-state index contributed by atoms with van der Waals surface area (Å²) in [5, 5.41) is 3.11. The van der Waals surface area contributed by atoms with Crippen LogP contribution < -0.4 is 10.2 Å². The summed E-state index contributed by atoms with van der Waals surface area (Å²) < 4.78 is 5.43. The highest BCUT2D eigenvalue weighted by molar-refractivity contribution is 5.49. The van der Waals surface area contributed by atoms with E-state index >= 15 is 0 Å². The number of ether oxygens (including phenoxy) is 1. The van der Waals surface area contributed by atoms with Crippen LogP contribution in [0.15, 0.2) is 6.07 Å². The third-order valence-electron chi connectivity index (χ3n) is 3.67. The van der Waals surface area contributed by atoms with Crippen molar-refractivity contribution in [1.29, 1.82) is 0 Å². The van der Waals surface area contributed by atoms with Gasteiger partial charge in [-0.15, -0.1) is 0 Å². The van der Waals surface area contributed by atoms with Gasteiger partial charge in [-0.1, -0.05) is 13.8 Å². The Bertz CT molecular complexity index is 447. The number of nitrogens with zero attached hydrogens (tertiary/aromatic N) is 3. The zero-order valence-electron chi connectivity index (χ0n) is 13.1. The van der Waals surface area contributed by atoms with Crippen molar-refractivity contribution >= 4 is 11.6 Å². The van der Waals surface area contributed by atoms with Crippen LogP contribution >= 0.6 is 0 Å². The van der Waals surface area contributed by atoms with E-state index in [0.29, 0.717) is 18.6 Å². The zero-order valence-corrected chi connectivity index (χ0v) is 13.1. The molecule has 2 heterocycles. The minimum atomic E-state index is 0.350. The van der Waals surface area contributed by atoms with Gasteiger partial charge in [0.15, 0.2) is 5.82 Å². The Morgan fingerprint density at radius 3 is 2.85 bits per heavy atom. The average molecular weight is 278 g/mol. The van der Waals surface area contributed by atoms with Crippen molar-refractivity contribution in [2.75, 3.05) is 37.0 Å². The third kappa shape index (κ3) is 3.82. The Morgan fingerprint density at radius 2 is 2.20 bits per heavy atom. The Labute approximate surface area is 121 Å². The summed E-state index contributed by atoms with van der Waals surface area (Å²) in [5.74, 6) is 2.61. The highest BCUT2D eigenvalue weighted by Gasteiger charge is 2.27. The van der Waals surface area contributed by atoms with Gasteiger partial charge in [-0.05, 0) is 25.2 Å². The molecule has 1 aromatic heterocycles. The molecule has 0 radical (unpaired) electrons. The first-order valence-corrected chi connectivity index (χ1v) is 7.42. The van der Waals surface area contributed by atoms with Crippen LogP contribution in [-0.2, 0) is 11.3 Å². The van der Waals surface area contributed by atoms with E-state index < -0.39 is 0 Å². The standard InChI is InChI=1S/C15H26N4O/c1-5-20-10-13-17-12(16-4)9-14(18-13)19-8-6-7-15(2,3)11-19/h9H,5-8,10-11H2,1-4H3,(H,16,17,18). The van der Waals surface area contributed by atoms with Gasteiger partial charge in [0.05, 0.1) is 0 Å². The summed E-state index contributed by atoms with van der Waals surface area (Å²) in [6, 6.07) is 2.02. The van der Waals surface area contributed by atoms with Crippen LogP contribution in [0.4, 0.5) is 11.6 Å². The van der Waals surface area contributed by atoms with Crippen molar-refractivity contribution in [3.05, 3.63) is 11.9 Å². The molecule has 0 atom stereocenters. The van der Waals surface area contributed by atoms with Crippen LogP contribution in [0.3, 0.4) is 0 Å². The summed E-state index contributed by atoms with van der Waals surface area (Å²) in [6.45, 7) is 9.88. The molecule has 0 unspecified atom stereocenters. The van der Waals surface area contributed by atoms with Crippen LogP contribution in [0.5, 0.6) is 0 Å². The summed E-state index contributed by atoms with van der Waals surface area (Å²) in [6.07, 6.45) is 2.49. The maximum atomic E-state index is 5.43. The molecule has 5 heteroatoms. The second kappa shape index (κ2) is 6.39. The Hall–Kier alpha value is -1.36. The van der Waals surface area contributed by atoms with E-state index in [1.807, 2.05) is 20.0 Å². The number of nitrogens with one attached hydrogen (secondary N) is 1. The van der Waals surface area contributed by atoms with Crippen LogP contribution in [0, 0.1) is 5.41 Å². The number of hydrogen-bond donors (Lipinski definition) is 1. The SMILES string of the molecule is CCOCc1nc(NC)cc(N2CCCC(C)(C)C2)n1. The molecule has 0 aliphatic carbocycles. The lowest BCUT2D eigenvalue weighted by Crippen LogP contribution is -2.40. The Balaban J connectivity index is 2.21. The van der Waals surface area contributed by atoms with Crippen molar-refractivity contribution in [3.63, 3.8) is 0 Å². The second-order valence-corrected chi connectivity index (χ2v) is 6.10. The summed E-state index contributed by atoms with van der Waals surface area (Å²) in [7, 11) is 1.89. The van der Waals surface area contributed by atoms with E-state index in [9.17, 15) is 0 Å². The van der Waals surface area contributed by atoms with Gasteiger partial charge >= 0.3 is 0 Å².